The van der Waals surface area contributed by atoms with Crippen molar-refractivity contribution in [2.75, 3.05) is 6.73 Å². The first-order valence-corrected chi connectivity index (χ1v) is 8.26. The Labute approximate surface area is 151 Å². The van der Waals surface area contributed by atoms with Gasteiger partial charge in [-0.3, -0.25) is 9.78 Å². The van der Waals surface area contributed by atoms with Gasteiger partial charge in [0.2, 0.25) is 0 Å². The largest absolute Gasteiger partial charge is 0.357 e. The fourth-order valence-electron chi connectivity index (χ4n) is 2.47. The second-order valence-corrected chi connectivity index (χ2v) is 5.86. The van der Waals surface area contributed by atoms with E-state index >= 15 is 0 Å². The Balaban J connectivity index is 1.49. The molecule has 3 aromatic rings. The van der Waals surface area contributed by atoms with E-state index in [4.69, 9.17) is 4.74 Å². The van der Waals surface area contributed by atoms with Crippen molar-refractivity contribution in [2.45, 2.75) is 13.5 Å². The topological polar surface area (TPSA) is 51.2 Å². The van der Waals surface area contributed by atoms with E-state index in [0.29, 0.717) is 17.7 Å². The summed E-state index contributed by atoms with van der Waals surface area (Å²) in [5, 5.41) is 2.68. The summed E-state index contributed by atoms with van der Waals surface area (Å²) < 4.78 is 19.3. The molecule has 1 N–H and O–H groups in total. The molecule has 2 aromatic carbocycles. The third-order valence-electron chi connectivity index (χ3n) is 3.92. The zero-order chi connectivity index (χ0) is 18.4. The van der Waals surface area contributed by atoms with Crippen LogP contribution in [0.4, 0.5) is 4.39 Å². The van der Waals surface area contributed by atoms with Crippen LogP contribution in [0.2, 0.25) is 0 Å². The number of nitrogens with zero attached hydrogens (tertiary/aromatic N) is 1. The van der Waals surface area contributed by atoms with Crippen molar-refractivity contribution in [1.29, 1.82) is 0 Å². The Morgan fingerprint density at radius 1 is 1.08 bits per heavy atom. The molecule has 4 nitrogen and oxygen atoms in total. The van der Waals surface area contributed by atoms with Crippen LogP contribution in [-0.4, -0.2) is 17.6 Å². The van der Waals surface area contributed by atoms with Crippen molar-refractivity contribution < 1.29 is 13.9 Å². The van der Waals surface area contributed by atoms with Crippen molar-refractivity contribution in [3.8, 4) is 11.1 Å². The number of pyridine rings is 1. The predicted octanol–water partition coefficient (Wildman–Crippen LogP) is 4.10. The molecule has 132 valence electrons. The van der Waals surface area contributed by atoms with Crippen LogP contribution in [0.1, 0.15) is 21.6 Å². The number of amides is 1. The van der Waals surface area contributed by atoms with Gasteiger partial charge >= 0.3 is 0 Å². The lowest BCUT2D eigenvalue weighted by molar-refractivity contribution is 0.0751. The molecule has 0 saturated heterocycles. The summed E-state index contributed by atoms with van der Waals surface area (Å²) in [6.45, 7) is 2.31. The van der Waals surface area contributed by atoms with Gasteiger partial charge in [-0.2, -0.15) is 0 Å². The Hall–Kier alpha value is -3.05. The van der Waals surface area contributed by atoms with Gasteiger partial charge in [0.1, 0.15) is 12.5 Å². The zero-order valence-corrected chi connectivity index (χ0v) is 14.4. The Bertz CT molecular complexity index is 877. The number of aromatic nitrogens is 1. The van der Waals surface area contributed by atoms with Crippen LogP contribution in [0.25, 0.3) is 11.1 Å². The highest BCUT2D eigenvalue weighted by molar-refractivity contribution is 5.93. The Kier molecular flexibility index (Phi) is 5.71. The minimum atomic E-state index is -0.246. The minimum Gasteiger partial charge on any atom is -0.357 e. The molecule has 0 bridgehead atoms. The number of ether oxygens (including phenoxy) is 1. The Morgan fingerprint density at radius 2 is 1.85 bits per heavy atom. The SMILES string of the molecule is Cc1ccc(C(=O)NCOCc2ccc(-c3ccccc3F)cc2)cn1. The average Bonchev–Trinajstić information content (AvgIpc) is 2.67. The number of carbonyl (C=O) groups is 1. The molecular weight excluding hydrogens is 331 g/mol. The first-order valence-electron chi connectivity index (χ1n) is 8.26. The highest BCUT2D eigenvalue weighted by atomic mass is 19.1. The van der Waals surface area contributed by atoms with Crippen molar-refractivity contribution in [3.63, 3.8) is 0 Å². The van der Waals surface area contributed by atoms with E-state index < -0.39 is 0 Å². The molecule has 0 aliphatic rings. The number of halogens is 1. The quantitative estimate of drug-likeness (QED) is 0.538. The molecule has 0 atom stereocenters. The van der Waals surface area contributed by atoms with Crippen molar-refractivity contribution >= 4 is 5.91 Å². The van der Waals surface area contributed by atoms with Crippen LogP contribution in [0.3, 0.4) is 0 Å². The van der Waals surface area contributed by atoms with Gasteiger partial charge in [0, 0.05) is 17.5 Å². The maximum atomic E-state index is 13.8. The van der Waals surface area contributed by atoms with Crippen LogP contribution in [-0.2, 0) is 11.3 Å². The summed E-state index contributed by atoms with van der Waals surface area (Å²) in [5.41, 5.74) is 3.67. The fraction of sp³-hybridized carbons (Fsp3) is 0.143. The molecule has 0 radical (unpaired) electrons. The van der Waals surface area contributed by atoms with Gasteiger partial charge in [0.25, 0.3) is 5.91 Å². The summed E-state index contributed by atoms with van der Waals surface area (Å²) in [7, 11) is 0. The highest BCUT2D eigenvalue weighted by Crippen LogP contribution is 2.22. The maximum Gasteiger partial charge on any atom is 0.254 e. The van der Waals surface area contributed by atoms with Crippen LogP contribution in [0, 0.1) is 12.7 Å². The summed E-state index contributed by atoms with van der Waals surface area (Å²) in [6.07, 6.45) is 1.53. The molecular formula is C21H19FN2O2. The lowest BCUT2D eigenvalue weighted by Gasteiger charge is -2.08. The second-order valence-electron chi connectivity index (χ2n) is 5.86. The van der Waals surface area contributed by atoms with E-state index in [9.17, 15) is 9.18 Å². The molecule has 0 aliphatic heterocycles. The van der Waals surface area contributed by atoms with Gasteiger partial charge < -0.3 is 10.1 Å². The van der Waals surface area contributed by atoms with E-state index in [0.717, 1.165) is 16.8 Å². The van der Waals surface area contributed by atoms with Gasteiger partial charge in [-0.15, -0.1) is 0 Å². The molecule has 3 rings (SSSR count). The monoisotopic (exact) mass is 350 g/mol. The van der Waals surface area contributed by atoms with E-state index in [1.54, 1.807) is 24.3 Å². The lowest BCUT2D eigenvalue weighted by atomic mass is 10.0. The maximum absolute atomic E-state index is 13.8. The molecule has 5 heteroatoms. The zero-order valence-electron chi connectivity index (χ0n) is 14.4. The van der Waals surface area contributed by atoms with Gasteiger partial charge in [-0.1, -0.05) is 42.5 Å². The van der Waals surface area contributed by atoms with Gasteiger partial charge in [-0.05, 0) is 36.2 Å². The molecule has 0 aliphatic carbocycles. The number of rotatable bonds is 6. The predicted molar refractivity (Wildman–Crippen MR) is 97.9 cm³/mol. The van der Waals surface area contributed by atoms with E-state index in [-0.39, 0.29) is 18.5 Å². The number of hydrogen-bond donors (Lipinski definition) is 1. The van der Waals surface area contributed by atoms with E-state index in [2.05, 4.69) is 10.3 Å². The second kappa shape index (κ2) is 8.36. The molecule has 0 spiro atoms. The summed E-state index contributed by atoms with van der Waals surface area (Å²) >= 11 is 0. The lowest BCUT2D eigenvalue weighted by Crippen LogP contribution is -2.26. The number of nitrogens with one attached hydrogen (secondary N) is 1. The third kappa shape index (κ3) is 4.52. The van der Waals surface area contributed by atoms with E-state index in [1.165, 1.54) is 12.3 Å². The van der Waals surface area contributed by atoms with Crippen LogP contribution in [0.5, 0.6) is 0 Å². The summed E-state index contributed by atoms with van der Waals surface area (Å²) in [6, 6.07) is 17.6. The summed E-state index contributed by atoms with van der Waals surface area (Å²) in [5.74, 6) is -0.475. The van der Waals surface area contributed by atoms with E-state index in [1.807, 2.05) is 37.3 Å². The average molecular weight is 350 g/mol. The molecule has 26 heavy (non-hydrogen) atoms. The third-order valence-corrected chi connectivity index (χ3v) is 3.92. The normalized spacial score (nSPS) is 10.5. The highest BCUT2D eigenvalue weighted by Gasteiger charge is 2.06. The molecule has 1 heterocycles. The van der Waals surface area contributed by atoms with Gasteiger partial charge in [-0.25, -0.2) is 4.39 Å². The molecule has 0 saturated carbocycles. The molecule has 1 aromatic heterocycles. The molecule has 1 amide bonds. The first-order chi connectivity index (χ1) is 12.6. The first kappa shape index (κ1) is 17.8. The summed E-state index contributed by atoms with van der Waals surface area (Å²) in [4.78, 5) is 16.0. The van der Waals surface area contributed by atoms with Gasteiger partial charge in [0.05, 0.1) is 12.2 Å². The van der Waals surface area contributed by atoms with Crippen molar-refractivity contribution in [2.24, 2.45) is 0 Å². The minimum absolute atomic E-state index is 0.0990. The Morgan fingerprint density at radius 3 is 2.54 bits per heavy atom. The van der Waals surface area contributed by atoms with Gasteiger partial charge in [0.15, 0.2) is 0 Å². The number of hydrogen-bond acceptors (Lipinski definition) is 3. The molecule has 0 fully saturated rings. The number of carbonyl (C=O) groups excluding carboxylic acids is 1. The number of aryl methyl sites for hydroxylation is 1. The van der Waals surface area contributed by atoms with Crippen LogP contribution >= 0.6 is 0 Å². The standard InChI is InChI=1S/C21H19FN2O2/c1-15-6-9-18(12-23-15)21(25)24-14-26-13-16-7-10-17(11-8-16)19-4-2-3-5-20(19)22/h2-12H,13-14H2,1H3,(H,24,25). The fourth-order valence-corrected chi connectivity index (χ4v) is 2.47. The van der Waals surface area contributed by atoms with Crippen LogP contribution < -0.4 is 5.32 Å². The van der Waals surface area contributed by atoms with Crippen molar-refractivity contribution in [1.82, 2.24) is 10.3 Å². The number of benzene rings is 2. The van der Waals surface area contributed by atoms with Crippen LogP contribution in [0.15, 0.2) is 66.9 Å². The van der Waals surface area contributed by atoms with Crippen molar-refractivity contribution in [3.05, 3.63) is 89.5 Å². The smallest absolute Gasteiger partial charge is 0.254 e. The molecule has 0 unspecified atom stereocenters.